The summed E-state index contributed by atoms with van der Waals surface area (Å²) in [5.74, 6) is 0.263. The van der Waals surface area contributed by atoms with Crippen LogP contribution < -0.4 is 4.72 Å². The fourth-order valence-corrected chi connectivity index (χ4v) is 4.69. The quantitative estimate of drug-likeness (QED) is 0.869. The molecule has 2 fully saturated rings. The van der Waals surface area contributed by atoms with Gasteiger partial charge < -0.3 is 9.47 Å². The van der Waals surface area contributed by atoms with E-state index in [0.29, 0.717) is 18.8 Å². The molecule has 1 heterocycles. The highest BCUT2D eigenvalue weighted by Crippen LogP contribution is 2.44. The summed E-state index contributed by atoms with van der Waals surface area (Å²) in [5.41, 5.74) is 0.434. The summed E-state index contributed by atoms with van der Waals surface area (Å²) in [6, 6.07) is 7.73. The lowest BCUT2D eigenvalue weighted by Crippen LogP contribution is -2.62. The highest BCUT2D eigenvalue weighted by atomic mass is 32.2. The molecule has 0 aromatic heterocycles. The molecule has 0 bridgehead atoms. The minimum Gasteiger partial charge on any atom is -0.384 e. The van der Waals surface area contributed by atoms with Gasteiger partial charge in [-0.15, -0.1) is 0 Å². The molecule has 0 unspecified atom stereocenters. The van der Waals surface area contributed by atoms with Crippen molar-refractivity contribution >= 4 is 10.0 Å². The van der Waals surface area contributed by atoms with Gasteiger partial charge in [0.15, 0.2) is 0 Å². The van der Waals surface area contributed by atoms with Crippen LogP contribution in [0.4, 0.5) is 0 Å². The molecule has 1 saturated carbocycles. The summed E-state index contributed by atoms with van der Waals surface area (Å²) in [7, 11) is -2.00. The first kappa shape index (κ1) is 15.4. The maximum atomic E-state index is 12.5. The molecular weight excluding hydrogens is 304 g/mol. The normalized spacial score (nSPS) is 30.4. The number of sulfonamides is 1. The van der Waals surface area contributed by atoms with Crippen molar-refractivity contribution in [2.75, 3.05) is 20.3 Å². The maximum Gasteiger partial charge on any atom is 0.240 e. The Kier molecular flexibility index (Phi) is 4.19. The van der Waals surface area contributed by atoms with Crippen LogP contribution in [0.3, 0.4) is 0 Å². The van der Waals surface area contributed by atoms with Crippen molar-refractivity contribution in [2.45, 2.75) is 23.5 Å². The third-order valence-electron chi connectivity index (χ3n) is 4.47. The average molecular weight is 322 g/mol. The molecule has 1 aromatic carbocycles. The van der Waals surface area contributed by atoms with Gasteiger partial charge in [0.25, 0.3) is 0 Å². The van der Waals surface area contributed by atoms with Gasteiger partial charge in [0.1, 0.15) is 0 Å². The standard InChI is InChI=1S/C15H18N2O4S/c1-20-9-13-14(12-6-7-21-15(12)13)17-22(18,19)11-4-2-10(8-16)3-5-11/h2-5,12-15,17H,6-7,9H2,1H3/t12-,13+,14+,15-/m1/s1. The Balaban J connectivity index is 1.77. The fraction of sp³-hybridized carbons (Fsp3) is 0.533. The number of methoxy groups -OCH3 is 1. The van der Waals surface area contributed by atoms with Gasteiger partial charge in [-0.05, 0) is 30.7 Å². The summed E-state index contributed by atoms with van der Waals surface area (Å²) in [6.45, 7) is 1.15. The largest absolute Gasteiger partial charge is 0.384 e. The maximum absolute atomic E-state index is 12.5. The number of benzene rings is 1. The van der Waals surface area contributed by atoms with Gasteiger partial charge in [-0.2, -0.15) is 5.26 Å². The Morgan fingerprint density at radius 3 is 2.77 bits per heavy atom. The molecule has 1 aromatic rings. The van der Waals surface area contributed by atoms with E-state index in [2.05, 4.69) is 4.72 Å². The topological polar surface area (TPSA) is 88.4 Å². The molecule has 22 heavy (non-hydrogen) atoms. The van der Waals surface area contributed by atoms with Crippen LogP contribution in [-0.4, -0.2) is 40.9 Å². The van der Waals surface area contributed by atoms with E-state index in [4.69, 9.17) is 14.7 Å². The van der Waals surface area contributed by atoms with Crippen LogP contribution in [0, 0.1) is 23.2 Å². The van der Waals surface area contributed by atoms with Gasteiger partial charge in [-0.1, -0.05) is 0 Å². The van der Waals surface area contributed by atoms with Crippen LogP contribution in [0.2, 0.25) is 0 Å². The molecule has 0 spiro atoms. The highest BCUT2D eigenvalue weighted by Gasteiger charge is 2.54. The van der Waals surface area contributed by atoms with Crippen molar-refractivity contribution in [3.05, 3.63) is 29.8 Å². The average Bonchev–Trinajstić information content (AvgIpc) is 2.95. The molecule has 7 heteroatoms. The zero-order valence-electron chi connectivity index (χ0n) is 12.2. The number of hydrogen-bond donors (Lipinski definition) is 1. The summed E-state index contributed by atoms with van der Waals surface area (Å²) < 4.78 is 38.6. The van der Waals surface area contributed by atoms with Gasteiger partial charge in [0, 0.05) is 31.6 Å². The minimum absolute atomic E-state index is 0.0469. The third-order valence-corrected chi connectivity index (χ3v) is 5.95. The number of nitrogens with zero attached hydrogens (tertiary/aromatic N) is 1. The van der Waals surface area contributed by atoms with E-state index in [0.717, 1.165) is 6.42 Å². The zero-order chi connectivity index (χ0) is 15.7. The SMILES string of the molecule is COC[C@H]1[C@@H](NS(=O)(=O)c2ccc(C#N)cc2)[C@H]2CCO[C@H]21. The lowest BCUT2D eigenvalue weighted by molar-refractivity contribution is -0.0775. The lowest BCUT2D eigenvalue weighted by atomic mass is 9.68. The molecule has 1 N–H and O–H groups in total. The van der Waals surface area contributed by atoms with Crippen LogP contribution in [-0.2, 0) is 19.5 Å². The number of hydrogen-bond acceptors (Lipinski definition) is 5. The van der Waals surface area contributed by atoms with E-state index in [1.165, 1.54) is 24.3 Å². The summed E-state index contributed by atoms with van der Waals surface area (Å²) in [6.07, 6.45) is 0.958. The molecule has 0 amide bonds. The minimum atomic E-state index is -3.61. The van der Waals surface area contributed by atoms with Gasteiger partial charge >= 0.3 is 0 Å². The second kappa shape index (κ2) is 5.97. The van der Waals surface area contributed by atoms with Crippen molar-refractivity contribution in [1.82, 2.24) is 4.72 Å². The van der Waals surface area contributed by atoms with E-state index in [9.17, 15) is 8.42 Å². The molecule has 1 saturated heterocycles. The molecule has 4 atom stereocenters. The van der Waals surface area contributed by atoms with Crippen LogP contribution in [0.1, 0.15) is 12.0 Å². The Morgan fingerprint density at radius 2 is 2.14 bits per heavy atom. The summed E-state index contributed by atoms with van der Waals surface area (Å²) in [5, 5.41) is 8.78. The number of nitriles is 1. The van der Waals surface area contributed by atoms with E-state index in [1.807, 2.05) is 6.07 Å². The van der Waals surface area contributed by atoms with Crippen LogP contribution in [0.5, 0.6) is 0 Å². The van der Waals surface area contributed by atoms with Crippen molar-refractivity contribution in [3.8, 4) is 6.07 Å². The first-order valence-electron chi connectivity index (χ1n) is 7.20. The summed E-state index contributed by atoms with van der Waals surface area (Å²) in [4.78, 5) is 0.171. The van der Waals surface area contributed by atoms with Gasteiger partial charge in [0.2, 0.25) is 10.0 Å². The number of fused-ring (bicyclic) bond motifs is 1. The fourth-order valence-electron chi connectivity index (χ4n) is 3.35. The molecule has 1 aliphatic carbocycles. The zero-order valence-corrected chi connectivity index (χ0v) is 13.0. The van der Waals surface area contributed by atoms with E-state index in [-0.39, 0.29) is 28.9 Å². The molecular formula is C15H18N2O4S. The Bertz CT molecular complexity index is 680. The van der Waals surface area contributed by atoms with Crippen molar-refractivity contribution in [1.29, 1.82) is 5.26 Å². The Hall–Kier alpha value is -1.46. The monoisotopic (exact) mass is 322 g/mol. The van der Waals surface area contributed by atoms with E-state index >= 15 is 0 Å². The van der Waals surface area contributed by atoms with Gasteiger partial charge in [-0.3, -0.25) is 0 Å². The highest BCUT2D eigenvalue weighted by molar-refractivity contribution is 7.89. The van der Waals surface area contributed by atoms with Crippen LogP contribution >= 0.6 is 0 Å². The smallest absolute Gasteiger partial charge is 0.240 e. The predicted molar refractivity (Wildman–Crippen MR) is 78.5 cm³/mol. The number of rotatable bonds is 5. The van der Waals surface area contributed by atoms with Crippen molar-refractivity contribution in [2.24, 2.45) is 11.8 Å². The first-order valence-corrected chi connectivity index (χ1v) is 8.68. The molecule has 3 rings (SSSR count). The molecule has 118 valence electrons. The number of ether oxygens (including phenoxy) is 2. The van der Waals surface area contributed by atoms with Crippen LogP contribution in [0.25, 0.3) is 0 Å². The predicted octanol–water partition coefficient (Wildman–Crippen LogP) is 0.886. The first-order chi connectivity index (χ1) is 10.6. The molecule has 6 nitrogen and oxygen atoms in total. The third kappa shape index (κ3) is 2.63. The lowest BCUT2D eigenvalue weighted by Gasteiger charge is -2.47. The molecule has 2 aliphatic rings. The number of nitrogens with one attached hydrogen (secondary N) is 1. The van der Waals surface area contributed by atoms with E-state index in [1.54, 1.807) is 7.11 Å². The Morgan fingerprint density at radius 1 is 1.41 bits per heavy atom. The van der Waals surface area contributed by atoms with Crippen LogP contribution in [0.15, 0.2) is 29.2 Å². The van der Waals surface area contributed by atoms with Crippen molar-refractivity contribution in [3.63, 3.8) is 0 Å². The molecule has 0 radical (unpaired) electrons. The van der Waals surface area contributed by atoms with Crippen molar-refractivity contribution < 1.29 is 17.9 Å². The summed E-state index contributed by atoms with van der Waals surface area (Å²) >= 11 is 0. The van der Waals surface area contributed by atoms with E-state index < -0.39 is 10.0 Å². The van der Waals surface area contributed by atoms with Gasteiger partial charge in [-0.25, -0.2) is 13.1 Å². The van der Waals surface area contributed by atoms with Gasteiger partial charge in [0.05, 0.1) is 29.2 Å². The molecule has 1 aliphatic heterocycles. The second-order valence-electron chi connectivity index (χ2n) is 5.69. The Labute approximate surface area is 130 Å². The second-order valence-corrected chi connectivity index (χ2v) is 7.40.